The van der Waals surface area contributed by atoms with Gasteiger partial charge < -0.3 is 14.9 Å². The van der Waals surface area contributed by atoms with Crippen molar-refractivity contribution in [3.63, 3.8) is 0 Å². The zero-order valence-corrected chi connectivity index (χ0v) is 14.4. The molecule has 3 aromatic rings. The van der Waals surface area contributed by atoms with E-state index in [1.165, 1.54) is 31.5 Å². The van der Waals surface area contributed by atoms with Crippen molar-refractivity contribution in [3.8, 4) is 5.75 Å². The van der Waals surface area contributed by atoms with Crippen molar-refractivity contribution in [1.82, 2.24) is 4.98 Å². The Morgan fingerprint density at radius 3 is 2.48 bits per heavy atom. The fraction of sp³-hybridized carbons (Fsp3) is 0.150. The van der Waals surface area contributed by atoms with Crippen molar-refractivity contribution in [2.24, 2.45) is 0 Å². The first-order chi connectivity index (χ1) is 12.9. The van der Waals surface area contributed by atoms with Crippen LogP contribution in [0.15, 0.2) is 42.6 Å². The summed E-state index contributed by atoms with van der Waals surface area (Å²) >= 11 is 0. The second-order valence-electron chi connectivity index (χ2n) is 6.04. The average molecular weight is 369 g/mol. The smallest absolute Gasteiger partial charge is 0.341 e. The fourth-order valence-corrected chi connectivity index (χ4v) is 2.90. The molecular weight excluding hydrogens is 353 g/mol. The lowest BCUT2D eigenvalue weighted by Crippen LogP contribution is -2.07. The molecule has 6 nitrogen and oxygen atoms in total. The molecule has 0 atom stereocenters. The highest BCUT2D eigenvalue weighted by Gasteiger charge is 2.20. The first kappa shape index (κ1) is 18.3. The molecule has 2 N–H and O–H groups in total. The van der Waals surface area contributed by atoms with Gasteiger partial charge in [0.25, 0.3) is 0 Å². The molecule has 138 valence electrons. The molecule has 0 fully saturated rings. The topological polar surface area (TPSA) is 96.7 Å². The zero-order chi connectivity index (χ0) is 19.6. The number of pyridine rings is 1. The number of phenols is 1. The number of aliphatic carboxylic acids is 1. The van der Waals surface area contributed by atoms with Crippen LogP contribution in [0.5, 0.6) is 5.75 Å². The van der Waals surface area contributed by atoms with Crippen LogP contribution >= 0.6 is 0 Å². The van der Waals surface area contributed by atoms with E-state index < -0.39 is 11.9 Å². The molecule has 2 aromatic carbocycles. The minimum absolute atomic E-state index is 0.122. The number of carboxylic acids is 1. The van der Waals surface area contributed by atoms with Gasteiger partial charge in [-0.2, -0.15) is 0 Å². The van der Waals surface area contributed by atoms with E-state index in [2.05, 4.69) is 9.72 Å². The highest BCUT2D eigenvalue weighted by molar-refractivity contribution is 6.02. The van der Waals surface area contributed by atoms with Crippen molar-refractivity contribution in [2.75, 3.05) is 7.11 Å². The molecule has 0 amide bonds. The van der Waals surface area contributed by atoms with Gasteiger partial charge in [0.1, 0.15) is 16.9 Å². The van der Waals surface area contributed by atoms with Gasteiger partial charge in [-0.1, -0.05) is 12.1 Å². The molecule has 1 heterocycles. The lowest BCUT2D eigenvalue weighted by Gasteiger charge is -2.12. The number of nitrogens with zero attached hydrogens (tertiary/aromatic N) is 1. The highest BCUT2D eigenvalue weighted by atomic mass is 19.1. The molecular formula is C20H16FNO5. The van der Waals surface area contributed by atoms with Crippen LogP contribution in [0.4, 0.5) is 4.39 Å². The number of benzene rings is 2. The van der Waals surface area contributed by atoms with E-state index in [1.807, 2.05) is 0 Å². The lowest BCUT2D eigenvalue weighted by atomic mass is 9.97. The number of hydrogen-bond donors (Lipinski definition) is 2. The first-order valence-corrected chi connectivity index (χ1v) is 8.07. The number of methoxy groups -OCH3 is 1. The number of carbonyl (C=O) groups excluding carboxylic acids is 1. The second-order valence-corrected chi connectivity index (χ2v) is 6.04. The van der Waals surface area contributed by atoms with E-state index in [1.54, 1.807) is 18.2 Å². The number of carboxylic acid groups (broad SMARTS) is 1. The summed E-state index contributed by atoms with van der Waals surface area (Å²) in [5, 5.41) is 20.0. The third-order valence-electron chi connectivity index (χ3n) is 4.16. The molecule has 0 unspecified atom stereocenters. The van der Waals surface area contributed by atoms with Gasteiger partial charge in [-0.3, -0.25) is 9.78 Å². The first-order valence-electron chi connectivity index (χ1n) is 8.07. The number of esters is 1. The van der Waals surface area contributed by atoms with Crippen molar-refractivity contribution < 1.29 is 28.9 Å². The molecule has 0 bridgehead atoms. The molecule has 0 aliphatic heterocycles. The maximum atomic E-state index is 13.1. The van der Waals surface area contributed by atoms with Crippen LogP contribution in [0.25, 0.3) is 10.9 Å². The maximum Gasteiger partial charge on any atom is 0.341 e. The Balaban J connectivity index is 2.11. The number of phenolic OH excluding ortho intramolecular Hbond substituents is 1. The molecule has 7 heteroatoms. The van der Waals surface area contributed by atoms with Gasteiger partial charge in [0.05, 0.1) is 13.5 Å². The van der Waals surface area contributed by atoms with Crippen molar-refractivity contribution in [3.05, 3.63) is 70.7 Å². The summed E-state index contributed by atoms with van der Waals surface area (Å²) in [7, 11) is 1.17. The van der Waals surface area contributed by atoms with Crippen LogP contribution in [0.3, 0.4) is 0 Å². The Morgan fingerprint density at radius 1 is 1.15 bits per heavy atom. The number of hydrogen-bond acceptors (Lipinski definition) is 5. The summed E-state index contributed by atoms with van der Waals surface area (Å²) in [6.07, 6.45) is 1.63. The summed E-state index contributed by atoms with van der Waals surface area (Å²) in [5.74, 6) is -2.56. The molecule has 0 spiro atoms. The van der Waals surface area contributed by atoms with E-state index >= 15 is 0 Å². The number of aromatic nitrogens is 1. The average Bonchev–Trinajstić information content (AvgIpc) is 2.65. The SMILES string of the molecule is COC(=O)c1cc(CC(=O)O)c2cc(Cc3ccc(F)cc3)cnc2c1O. The Bertz CT molecular complexity index is 1030. The minimum Gasteiger partial charge on any atom is -0.505 e. The highest BCUT2D eigenvalue weighted by Crippen LogP contribution is 2.32. The van der Waals surface area contributed by atoms with Crippen LogP contribution in [0.1, 0.15) is 27.0 Å². The fourth-order valence-electron chi connectivity index (χ4n) is 2.90. The van der Waals surface area contributed by atoms with Gasteiger partial charge in [-0.05, 0) is 47.4 Å². The van der Waals surface area contributed by atoms with Gasteiger partial charge in [0.15, 0.2) is 5.75 Å². The van der Waals surface area contributed by atoms with E-state index in [4.69, 9.17) is 0 Å². The van der Waals surface area contributed by atoms with Crippen molar-refractivity contribution in [1.29, 1.82) is 0 Å². The lowest BCUT2D eigenvalue weighted by molar-refractivity contribution is -0.136. The van der Waals surface area contributed by atoms with Crippen molar-refractivity contribution in [2.45, 2.75) is 12.8 Å². The van der Waals surface area contributed by atoms with Crippen LogP contribution < -0.4 is 0 Å². The second kappa shape index (κ2) is 7.41. The standard InChI is InChI=1S/C20H16FNO5/c1-27-20(26)16-8-13(9-17(23)24)15-7-12(10-22-18(15)19(16)25)6-11-2-4-14(21)5-3-11/h2-5,7-8,10,25H,6,9H2,1H3,(H,23,24). The summed E-state index contributed by atoms with van der Waals surface area (Å²) in [5.41, 5.74) is 1.93. The Labute approximate surface area is 153 Å². The van der Waals surface area contributed by atoms with Gasteiger partial charge in [0, 0.05) is 11.6 Å². The quantitative estimate of drug-likeness (QED) is 0.671. The minimum atomic E-state index is -1.08. The molecule has 0 saturated heterocycles. The number of rotatable bonds is 5. The number of fused-ring (bicyclic) bond motifs is 1. The molecule has 0 aliphatic carbocycles. The molecule has 3 rings (SSSR count). The predicted molar refractivity (Wildman–Crippen MR) is 95.3 cm³/mol. The van der Waals surface area contributed by atoms with Crippen molar-refractivity contribution >= 4 is 22.8 Å². The van der Waals surface area contributed by atoms with E-state index in [0.717, 1.165) is 11.1 Å². The molecule has 0 saturated carbocycles. The molecule has 0 aliphatic rings. The van der Waals surface area contributed by atoms with E-state index in [0.29, 0.717) is 17.4 Å². The summed E-state index contributed by atoms with van der Waals surface area (Å²) in [4.78, 5) is 27.3. The largest absolute Gasteiger partial charge is 0.505 e. The predicted octanol–water partition coefficient (Wildman–Crippen LogP) is 3.08. The number of halogens is 1. The van der Waals surface area contributed by atoms with E-state index in [-0.39, 0.29) is 29.1 Å². The normalized spacial score (nSPS) is 10.7. The van der Waals surface area contributed by atoms with Crippen LogP contribution in [-0.4, -0.2) is 34.2 Å². The molecule has 1 aromatic heterocycles. The Morgan fingerprint density at radius 2 is 1.85 bits per heavy atom. The summed E-state index contributed by atoms with van der Waals surface area (Å²) < 4.78 is 17.7. The summed E-state index contributed by atoms with van der Waals surface area (Å²) in [6, 6.07) is 9.03. The summed E-state index contributed by atoms with van der Waals surface area (Å²) in [6.45, 7) is 0. The molecule has 27 heavy (non-hydrogen) atoms. The maximum absolute atomic E-state index is 13.1. The Hall–Kier alpha value is -3.48. The van der Waals surface area contributed by atoms with Gasteiger partial charge in [0.2, 0.25) is 0 Å². The number of ether oxygens (including phenoxy) is 1. The zero-order valence-electron chi connectivity index (χ0n) is 14.4. The molecule has 0 radical (unpaired) electrons. The third-order valence-corrected chi connectivity index (χ3v) is 4.16. The third kappa shape index (κ3) is 3.87. The van der Waals surface area contributed by atoms with Crippen LogP contribution in [0, 0.1) is 5.82 Å². The Kier molecular flexibility index (Phi) is 5.03. The monoisotopic (exact) mass is 369 g/mol. The van der Waals surface area contributed by atoms with Crippen LogP contribution in [0.2, 0.25) is 0 Å². The van der Waals surface area contributed by atoms with Crippen LogP contribution in [-0.2, 0) is 22.4 Å². The van der Waals surface area contributed by atoms with Gasteiger partial charge in [-0.25, -0.2) is 9.18 Å². The number of carbonyl (C=O) groups is 2. The van der Waals surface area contributed by atoms with E-state index in [9.17, 15) is 24.2 Å². The number of aromatic hydroxyl groups is 1. The van der Waals surface area contributed by atoms with Gasteiger partial charge in [-0.15, -0.1) is 0 Å². The van der Waals surface area contributed by atoms with Gasteiger partial charge >= 0.3 is 11.9 Å².